The summed E-state index contributed by atoms with van der Waals surface area (Å²) in [5.74, 6) is -0.852. The Labute approximate surface area is 206 Å². The summed E-state index contributed by atoms with van der Waals surface area (Å²) in [4.78, 5) is 0.0107. The van der Waals surface area contributed by atoms with Gasteiger partial charge in [-0.25, -0.2) is 8.42 Å². The van der Waals surface area contributed by atoms with Crippen molar-refractivity contribution in [1.82, 2.24) is 0 Å². The van der Waals surface area contributed by atoms with Crippen LogP contribution in [0, 0.1) is 18.3 Å². The van der Waals surface area contributed by atoms with E-state index in [0.717, 1.165) is 11.1 Å². The summed E-state index contributed by atoms with van der Waals surface area (Å²) in [5.41, 5.74) is 9.85. The molecule has 5 rings (SSSR count). The number of nitrogens with two attached hydrogens (primary N) is 1. The maximum Gasteiger partial charge on any atom is 0.265 e. The standard InChI is InChI=1S/C26H20BrN3O3S/c1-16-7-6-8-17(13-16)15-30-22-12-5-3-10-19(22)24-25(34(30,31)32)23(20(14-28)26(29)33-24)18-9-2-4-11-21(18)27/h2-13,23H,15,29H2,1H3/t23-/m1/s1. The molecule has 3 aromatic carbocycles. The fourth-order valence-electron chi connectivity index (χ4n) is 4.48. The molecule has 2 heterocycles. The van der Waals surface area contributed by atoms with Crippen LogP contribution in [0.25, 0.3) is 5.76 Å². The first-order valence-corrected chi connectivity index (χ1v) is 12.8. The molecule has 6 nitrogen and oxygen atoms in total. The van der Waals surface area contributed by atoms with E-state index in [2.05, 4.69) is 22.0 Å². The largest absolute Gasteiger partial charge is 0.439 e. The number of ether oxygens (including phenoxy) is 1. The molecule has 1 atom stereocenters. The predicted octanol–water partition coefficient (Wildman–Crippen LogP) is 5.28. The summed E-state index contributed by atoms with van der Waals surface area (Å²) in [6, 6.07) is 24.2. The number of nitriles is 1. The number of rotatable bonds is 3. The zero-order valence-corrected chi connectivity index (χ0v) is 20.6. The molecular weight excluding hydrogens is 514 g/mol. The summed E-state index contributed by atoms with van der Waals surface area (Å²) in [7, 11) is -4.10. The molecule has 3 aromatic rings. The van der Waals surface area contributed by atoms with Crippen molar-refractivity contribution >= 4 is 37.4 Å². The molecule has 0 unspecified atom stereocenters. The van der Waals surface area contributed by atoms with Crippen LogP contribution >= 0.6 is 15.9 Å². The molecule has 0 bridgehead atoms. The van der Waals surface area contributed by atoms with Gasteiger partial charge >= 0.3 is 0 Å². The van der Waals surface area contributed by atoms with Gasteiger partial charge in [0.25, 0.3) is 10.0 Å². The van der Waals surface area contributed by atoms with Gasteiger partial charge in [0.15, 0.2) is 5.76 Å². The van der Waals surface area contributed by atoms with Gasteiger partial charge in [0.1, 0.15) is 16.5 Å². The summed E-state index contributed by atoms with van der Waals surface area (Å²) in [6.45, 7) is 2.11. The number of benzene rings is 3. The van der Waals surface area contributed by atoms with E-state index in [0.29, 0.717) is 21.3 Å². The predicted molar refractivity (Wildman–Crippen MR) is 134 cm³/mol. The Balaban J connectivity index is 1.78. The van der Waals surface area contributed by atoms with Crippen molar-refractivity contribution in [3.05, 3.63) is 116 Å². The highest BCUT2D eigenvalue weighted by molar-refractivity contribution is 9.10. The molecule has 0 radical (unpaired) electrons. The fraction of sp³-hybridized carbons (Fsp3) is 0.115. The van der Waals surface area contributed by atoms with Gasteiger partial charge in [0, 0.05) is 10.0 Å². The number of halogens is 1. The first kappa shape index (κ1) is 22.3. The Hall–Kier alpha value is -3.54. The minimum Gasteiger partial charge on any atom is -0.439 e. The average Bonchev–Trinajstić information content (AvgIpc) is 2.81. The van der Waals surface area contributed by atoms with Gasteiger partial charge in [-0.3, -0.25) is 4.31 Å². The van der Waals surface area contributed by atoms with E-state index in [1.165, 1.54) is 4.31 Å². The molecule has 0 amide bonds. The Bertz CT molecular complexity index is 1540. The fourth-order valence-corrected chi connectivity index (χ4v) is 6.89. The van der Waals surface area contributed by atoms with E-state index in [-0.39, 0.29) is 28.7 Å². The van der Waals surface area contributed by atoms with Crippen molar-refractivity contribution in [3.8, 4) is 6.07 Å². The van der Waals surface area contributed by atoms with Gasteiger partial charge in [-0.15, -0.1) is 0 Å². The smallest absolute Gasteiger partial charge is 0.265 e. The topological polar surface area (TPSA) is 96.4 Å². The SMILES string of the molecule is Cc1cccc(CN2c3ccccc3C3=C([C@H](c4ccccc4Br)C(C#N)=C(N)O3)S2(=O)=O)c1. The van der Waals surface area contributed by atoms with E-state index in [4.69, 9.17) is 10.5 Å². The summed E-state index contributed by atoms with van der Waals surface area (Å²) < 4.78 is 36.4. The minimum absolute atomic E-state index is 0.0107. The number of hydrogen-bond acceptors (Lipinski definition) is 5. The molecule has 0 saturated carbocycles. The lowest BCUT2D eigenvalue weighted by Crippen LogP contribution is -2.39. The number of hydrogen-bond donors (Lipinski definition) is 1. The summed E-state index contributed by atoms with van der Waals surface area (Å²) >= 11 is 3.53. The van der Waals surface area contributed by atoms with Gasteiger partial charge in [-0.05, 0) is 36.2 Å². The second-order valence-electron chi connectivity index (χ2n) is 8.16. The second-order valence-corrected chi connectivity index (χ2v) is 10.8. The van der Waals surface area contributed by atoms with E-state index in [1.807, 2.05) is 55.5 Å². The summed E-state index contributed by atoms with van der Waals surface area (Å²) in [6.07, 6.45) is 0. The second kappa shape index (κ2) is 8.35. The quantitative estimate of drug-likeness (QED) is 0.493. The molecular formula is C26H20BrN3O3S. The molecule has 170 valence electrons. The number of nitrogens with zero attached hydrogens (tertiary/aromatic N) is 2. The number of aryl methyl sites for hydroxylation is 1. The number of sulfonamides is 1. The third kappa shape index (κ3) is 3.49. The van der Waals surface area contributed by atoms with Gasteiger partial charge in [0.05, 0.1) is 18.2 Å². The Morgan fingerprint density at radius 3 is 2.56 bits per heavy atom. The van der Waals surface area contributed by atoms with E-state index in [9.17, 15) is 13.7 Å². The van der Waals surface area contributed by atoms with Crippen molar-refractivity contribution in [1.29, 1.82) is 5.26 Å². The average molecular weight is 534 g/mol. The van der Waals surface area contributed by atoms with Crippen molar-refractivity contribution in [2.24, 2.45) is 5.73 Å². The van der Waals surface area contributed by atoms with Crippen molar-refractivity contribution in [2.75, 3.05) is 4.31 Å². The van der Waals surface area contributed by atoms with Crippen LogP contribution in [0.4, 0.5) is 5.69 Å². The third-order valence-electron chi connectivity index (χ3n) is 5.98. The minimum atomic E-state index is -4.10. The van der Waals surface area contributed by atoms with Crippen LogP contribution in [0.1, 0.15) is 28.2 Å². The van der Waals surface area contributed by atoms with Gasteiger partial charge in [-0.2, -0.15) is 5.26 Å². The van der Waals surface area contributed by atoms with E-state index >= 15 is 0 Å². The van der Waals surface area contributed by atoms with Crippen LogP contribution in [-0.2, 0) is 21.3 Å². The normalized spacial score (nSPS) is 18.6. The zero-order valence-electron chi connectivity index (χ0n) is 18.2. The molecule has 0 aliphatic carbocycles. The molecule has 0 fully saturated rings. The Kier molecular flexibility index (Phi) is 5.47. The molecule has 2 aliphatic heterocycles. The highest BCUT2D eigenvalue weighted by Crippen LogP contribution is 2.52. The molecule has 0 aromatic heterocycles. The Morgan fingerprint density at radius 2 is 1.82 bits per heavy atom. The number of allylic oxidation sites excluding steroid dienone is 2. The first-order chi connectivity index (χ1) is 16.3. The zero-order chi connectivity index (χ0) is 24.0. The lowest BCUT2D eigenvalue weighted by Gasteiger charge is -2.38. The highest BCUT2D eigenvalue weighted by Gasteiger charge is 2.47. The summed E-state index contributed by atoms with van der Waals surface area (Å²) in [5, 5.41) is 9.96. The van der Waals surface area contributed by atoms with E-state index in [1.54, 1.807) is 24.3 Å². The van der Waals surface area contributed by atoms with Crippen LogP contribution in [0.5, 0.6) is 0 Å². The number of para-hydroxylation sites is 1. The van der Waals surface area contributed by atoms with Crippen LogP contribution in [0.3, 0.4) is 0 Å². The van der Waals surface area contributed by atoms with Crippen LogP contribution < -0.4 is 10.0 Å². The van der Waals surface area contributed by atoms with Crippen molar-refractivity contribution in [3.63, 3.8) is 0 Å². The molecule has 2 N–H and O–H groups in total. The van der Waals surface area contributed by atoms with Crippen molar-refractivity contribution < 1.29 is 13.2 Å². The lowest BCUT2D eigenvalue weighted by molar-refractivity contribution is 0.357. The molecule has 34 heavy (non-hydrogen) atoms. The number of anilines is 1. The Morgan fingerprint density at radius 1 is 1.09 bits per heavy atom. The van der Waals surface area contributed by atoms with Crippen LogP contribution in [-0.4, -0.2) is 8.42 Å². The monoisotopic (exact) mass is 533 g/mol. The lowest BCUT2D eigenvalue weighted by atomic mass is 9.88. The molecule has 0 saturated heterocycles. The first-order valence-electron chi connectivity index (χ1n) is 10.6. The maximum atomic E-state index is 14.3. The number of fused-ring (bicyclic) bond motifs is 2. The highest BCUT2D eigenvalue weighted by atomic mass is 79.9. The van der Waals surface area contributed by atoms with Gasteiger partial charge < -0.3 is 10.5 Å². The van der Waals surface area contributed by atoms with Crippen LogP contribution in [0.2, 0.25) is 0 Å². The maximum absolute atomic E-state index is 14.3. The van der Waals surface area contributed by atoms with Gasteiger partial charge in [-0.1, -0.05) is 76.1 Å². The van der Waals surface area contributed by atoms with Gasteiger partial charge in [0.2, 0.25) is 5.88 Å². The van der Waals surface area contributed by atoms with Crippen molar-refractivity contribution in [2.45, 2.75) is 19.4 Å². The van der Waals surface area contributed by atoms with Crippen LogP contribution in [0.15, 0.2) is 93.6 Å². The molecule has 0 spiro atoms. The third-order valence-corrected chi connectivity index (χ3v) is 8.59. The molecule has 2 aliphatic rings. The van der Waals surface area contributed by atoms with E-state index < -0.39 is 15.9 Å². The molecule has 8 heteroatoms.